The Morgan fingerprint density at radius 2 is 1.86 bits per heavy atom. The highest BCUT2D eigenvalue weighted by Crippen LogP contribution is 2.24. The van der Waals surface area contributed by atoms with Crippen LogP contribution >= 0.6 is 0 Å². The summed E-state index contributed by atoms with van der Waals surface area (Å²) in [5, 5.41) is 9.14. The van der Waals surface area contributed by atoms with Crippen LogP contribution in [0.4, 0.5) is 0 Å². The Balaban J connectivity index is 2.63. The van der Waals surface area contributed by atoms with Crippen LogP contribution in [0.15, 0.2) is 30.5 Å². The van der Waals surface area contributed by atoms with E-state index in [4.69, 9.17) is 0 Å². The Bertz CT molecular complexity index is 455. The van der Waals surface area contributed by atoms with Crippen molar-refractivity contribution in [3.8, 4) is 0 Å². The molecule has 0 saturated carbocycles. The number of rotatable bonds is 0. The molecule has 0 amide bonds. The summed E-state index contributed by atoms with van der Waals surface area (Å²) in [5.74, 6) is 0. The molecule has 0 saturated heterocycles. The van der Waals surface area contributed by atoms with Gasteiger partial charge in [-0.2, -0.15) is 10.2 Å². The number of hydrogen-bond acceptors (Lipinski definition) is 2. The molecule has 14 heavy (non-hydrogen) atoms. The Morgan fingerprint density at radius 3 is 2.57 bits per heavy atom. The first-order valence-electron chi connectivity index (χ1n) is 4.79. The molecule has 0 aliphatic heterocycles. The van der Waals surface area contributed by atoms with E-state index in [1.54, 1.807) is 6.20 Å². The van der Waals surface area contributed by atoms with Gasteiger partial charge in [-0.05, 0) is 23.1 Å². The maximum atomic E-state index is 4.11. The fourth-order valence-corrected chi connectivity index (χ4v) is 1.45. The minimum Gasteiger partial charge on any atom is -0.159 e. The van der Waals surface area contributed by atoms with Gasteiger partial charge in [-0.1, -0.05) is 32.9 Å². The quantitative estimate of drug-likeness (QED) is 0.632. The van der Waals surface area contributed by atoms with Crippen LogP contribution in [0.1, 0.15) is 26.3 Å². The highest BCUT2D eigenvalue weighted by Gasteiger charge is 2.13. The lowest BCUT2D eigenvalue weighted by molar-refractivity contribution is 0.591. The van der Waals surface area contributed by atoms with Crippen LogP contribution in [-0.4, -0.2) is 10.2 Å². The molecule has 2 nitrogen and oxygen atoms in total. The van der Waals surface area contributed by atoms with Crippen LogP contribution in [0.25, 0.3) is 10.9 Å². The molecular formula is C12H14N2. The monoisotopic (exact) mass is 186 g/mol. The normalized spacial score (nSPS) is 11.9. The van der Waals surface area contributed by atoms with Crippen LogP contribution in [-0.2, 0) is 5.41 Å². The average Bonchev–Trinajstić information content (AvgIpc) is 2.16. The molecule has 0 unspecified atom stereocenters. The van der Waals surface area contributed by atoms with Gasteiger partial charge in [-0.15, -0.1) is 0 Å². The largest absolute Gasteiger partial charge is 0.159 e. The molecule has 0 N–H and O–H groups in total. The zero-order valence-electron chi connectivity index (χ0n) is 8.78. The third kappa shape index (κ3) is 1.60. The molecule has 1 aromatic carbocycles. The lowest BCUT2D eigenvalue weighted by Crippen LogP contribution is -2.10. The van der Waals surface area contributed by atoms with Gasteiger partial charge in [0.05, 0.1) is 11.7 Å². The highest BCUT2D eigenvalue weighted by molar-refractivity contribution is 5.78. The zero-order chi connectivity index (χ0) is 10.2. The Labute approximate surface area is 84.0 Å². The van der Waals surface area contributed by atoms with Crippen molar-refractivity contribution in [1.29, 1.82) is 0 Å². The van der Waals surface area contributed by atoms with Crippen LogP contribution in [0.2, 0.25) is 0 Å². The van der Waals surface area contributed by atoms with Crippen molar-refractivity contribution >= 4 is 10.9 Å². The van der Waals surface area contributed by atoms with Gasteiger partial charge in [-0.25, -0.2) is 0 Å². The number of hydrogen-bond donors (Lipinski definition) is 0. The molecule has 2 rings (SSSR count). The van der Waals surface area contributed by atoms with Gasteiger partial charge in [0.2, 0.25) is 0 Å². The molecule has 0 aliphatic carbocycles. The van der Waals surface area contributed by atoms with Crippen LogP contribution in [0.3, 0.4) is 0 Å². The maximum Gasteiger partial charge on any atom is 0.0932 e. The first kappa shape index (κ1) is 9.13. The summed E-state index contributed by atoms with van der Waals surface area (Å²) in [6, 6.07) is 8.35. The van der Waals surface area contributed by atoms with E-state index in [0.717, 1.165) is 10.9 Å². The summed E-state index contributed by atoms with van der Waals surface area (Å²) in [6.45, 7) is 6.60. The summed E-state index contributed by atoms with van der Waals surface area (Å²) in [6.07, 6.45) is 1.72. The van der Waals surface area contributed by atoms with E-state index in [0.29, 0.717) is 0 Å². The Kier molecular flexibility index (Phi) is 1.99. The predicted octanol–water partition coefficient (Wildman–Crippen LogP) is 2.93. The fourth-order valence-electron chi connectivity index (χ4n) is 1.45. The first-order chi connectivity index (χ1) is 6.57. The van der Waals surface area contributed by atoms with Crippen LogP contribution in [0, 0.1) is 0 Å². The molecule has 0 fully saturated rings. The number of fused-ring (bicyclic) bond motifs is 1. The molecule has 0 bridgehead atoms. The van der Waals surface area contributed by atoms with Gasteiger partial charge in [0.15, 0.2) is 0 Å². The lowest BCUT2D eigenvalue weighted by atomic mass is 9.86. The van der Waals surface area contributed by atoms with Crippen molar-refractivity contribution < 1.29 is 0 Å². The summed E-state index contributed by atoms with van der Waals surface area (Å²) >= 11 is 0. The minimum absolute atomic E-state index is 0.172. The summed E-state index contributed by atoms with van der Waals surface area (Å²) in [7, 11) is 0. The topological polar surface area (TPSA) is 25.8 Å². The molecule has 0 aliphatic rings. The molecular weight excluding hydrogens is 172 g/mol. The first-order valence-corrected chi connectivity index (χ1v) is 4.79. The molecule has 0 radical (unpaired) electrons. The van der Waals surface area contributed by atoms with Crippen molar-refractivity contribution in [3.05, 3.63) is 36.0 Å². The van der Waals surface area contributed by atoms with Gasteiger partial charge in [0.1, 0.15) is 0 Å². The minimum atomic E-state index is 0.172. The van der Waals surface area contributed by atoms with Gasteiger partial charge in [0, 0.05) is 5.39 Å². The third-order valence-corrected chi connectivity index (χ3v) is 2.38. The van der Waals surface area contributed by atoms with Crippen molar-refractivity contribution in [1.82, 2.24) is 10.2 Å². The highest BCUT2D eigenvalue weighted by atomic mass is 15.1. The van der Waals surface area contributed by atoms with E-state index in [1.807, 2.05) is 6.07 Å². The fraction of sp³-hybridized carbons (Fsp3) is 0.333. The zero-order valence-corrected chi connectivity index (χ0v) is 8.78. The van der Waals surface area contributed by atoms with Gasteiger partial charge >= 0.3 is 0 Å². The smallest absolute Gasteiger partial charge is 0.0932 e. The average molecular weight is 186 g/mol. The second-order valence-electron chi connectivity index (χ2n) is 4.55. The third-order valence-electron chi connectivity index (χ3n) is 2.38. The number of nitrogens with zero attached hydrogens (tertiary/aromatic N) is 2. The van der Waals surface area contributed by atoms with Crippen molar-refractivity contribution in [3.63, 3.8) is 0 Å². The maximum absolute atomic E-state index is 4.11. The summed E-state index contributed by atoms with van der Waals surface area (Å²) < 4.78 is 0. The van der Waals surface area contributed by atoms with Crippen molar-refractivity contribution in [2.24, 2.45) is 0 Å². The molecule has 0 spiro atoms. The van der Waals surface area contributed by atoms with Crippen molar-refractivity contribution in [2.45, 2.75) is 26.2 Å². The van der Waals surface area contributed by atoms with E-state index in [1.165, 1.54) is 5.56 Å². The van der Waals surface area contributed by atoms with E-state index in [2.05, 4.69) is 49.2 Å². The molecule has 0 atom stereocenters. The van der Waals surface area contributed by atoms with E-state index in [9.17, 15) is 0 Å². The number of aromatic nitrogens is 2. The lowest BCUT2D eigenvalue weighted by Gasteiger charge is -2.18. The molecule has 72 valence electrons. The van der Waals surface area contributed by atoms with E-state index >= 15 is 0 Å². The second-order valence-corrected chi connectivity index (χ2v) is 4.55. The predicted molar refractivity (Wildman–Crippen MR) is 58.2 cm³/mol. The SMILES string of the molecule is CC(C)(C)c1ccc2ccnnc2c1. The van der Waals surface area contributed by atoms with Gasteiger partial charge in [-0.3, -0.25) is 0 Å². The van der Waals surface area contributed by atoms with Crippen LogP contribution in [0.5, 0.6) is 0 Å². The Morgan fingerprint density at radius 1 is 1.07 bits per heavy atom. The molecule has 1 aromatic heterocycles. The van der Waals surface area contributed by atoms with Gasteiger partial charge in [0.25, 0.3) is 0 Å². The second kappa shape index (κ2) is 3.05. The summed E-state index contributed by atoms with van der Waals surface area (Å²) in [4.78, 5) is 0. The molecule has 2 heteroatoms. The molecule has 2 aromatic rings. The molecule has 1 heterocycles. The van der Waals surface area contributed by atoms with Gasteiger partial charge < -0.3 is 0 Å². The van der Waals surface area contributed by atoms with E-state index in [-0.39, 0.29) is 5.41 Å². The van der Waals surface area contributed by atoms with E-state index < -0.39 is 0 Å². The van der Waals surface area contributed by atoms with Crippen LogP contribution < -0.4 is 0 Å². The summed E-state index contributed by atoms with van der Waals surface area (Å²) in [5.41, 5.74) is 2.44. The Hall–Kier alpha value is -1.44. The van der Waals surface area contributed by atoms with Crippen molar-refractivity contribution in [2.75, 3.05) is 0 Å². The number of benzene rings is 1. The standard InChI is InChI=1S/C12H14N2/c1-12(2,3)10-5-4-9-6-7-13-14-11(9)8-10/h4-8H,1-3H3.